The Hall–Kier alpha value is -2.30. The Morgan fingerprint density at radius 3 is 2.35 bits per heavy atom. The Labute approximate surface area is 114 Å². The molecule has 2 nitrogen and oxygen atoms in total. The number of hydrazone groups is 1. The van der Waals surface area contributed by atoms with E-state index in [0.29, 0.717) is 0 Å². The van der Waals surface area contributed by atoms with Crippen molar-refractivity contribution in [1.82, 2.24) is 0 Å². The summed E-state index contributed by atoms with van der Waals surface area (Å²) in [6.07, 6.45) is -2.90. The van der Waals surface area contributed by atoms with Crippen LogP contribution in [0, 0.1) is 6.92 Å². The van der Waals surface area contributed by atoms with E-state index < -0.39 is 11.7 Å². The molecule has 2 aromatic carbocycles. The van der Waals surface area contributed by atoms with E-state index >= 15 is 0 Å². The molecule has 0 aliphatic rings. The summed E-state index contributed by atoms with van der Waals surface area (Å²) in [7, 11) is 0. The molecule has 5 heteroatoms. The maximum absolute atomic E-state index is 12.8. The largest absolute Gasteiger partial charge is 0.418 e. The smallest absolute Gasteiger partial charge is 0.278 e. The summed E-state index contributed by atoms with van der Waals surface area (Å²) in [5, 5.41) is 3.87. The highest BCUT2D eigenvalue weighted by Crippen LogP contribution is 2.34. The Bertz CT molecular complexity index is 619. The molecule has 0 aliphatic heterocycles. The minimum atomic E-state index is -4.40. The quantitative estimate of drug-likeness (QED) is 0.650. The highest BCUT2D eigenvalue weighted by Gasteiger charge is 2.33. The summed E-state index contributed by atoms with van der Waals surface area (Å²) in [4.78, 5) is 0. The Kier molecular flexibility index (Phi) is 4.08. The molecule has 0 amide bonds. The second kappa shape index (κ2) is 5.77. The SMILES string of the molecule is Cc1ccccc1C=NNc1ccccc1C(F)(F)F. The normalized spacial score (nSPS) is 11.8. The molecule has 0 fully saturated rings. The van der Waals surface area contributed by atoms with Gasteiger partial charge >= 0.3 is 6.18 Å². The second-order valence-electron chi connectivity index (χ2n) is 4.27. The molecular formula is C15H13F3N2. The Morgan fingerprint density at radius 2 is 1.65 bits per heavy atom. The number of anilines is 1. The summed E-state index contributed by atoms with van der Waals surface area (Å²) in [5.74, 6) is 0. The maximum atomic E-state index is 12.8. The van der Waals surface area contributed by atoms with Crippen LogP contribution in [0.4, 0.5) is 18.9 Å². The summed E-state index contributed by atoms with van der Waals surface area (Å²) >= 11 is 0. The van der Waals surface area contributed by atoms with E-state index in [1.807, 2.05) is 31.2 Å². The predicted molar refractivity (Wildman–Crippen MR) is 73.8 cm³/mol. The molecule has 0 saturated carbocycles. The average Bonchev–Trinajstić information content (AvgIpc) is 2.40. The standard InChI is InChI=1S/C15H13F3N2/c1-11-6-2-3-7-12(11)10-19-20-14-9-5-4-8-13(14)15(16,17)18/h2-10,20H,1H3. The van der Waals surface area contributed by atoms with Crippen molar-refractivity contribution in [3.05, 3.63) is 65.2 Å². The van der Waals surface area contributed by atoms with Gasteiger partial charge in [0.05, 0.1) is 17.5 Å². The van der Waals surface area contributed by atoms with E-state index in [1.54, 1.807) is 0 Å². The molecule has 1 N–H and O–H groups in total. The van der Waals surface area contributed by atoms with Crippen molar-refractivity contribution < 1.29 is 13.2 Å². The van der Waals surface area contributed by atoms with Crippen LogP contribution in [0.25, 0.3) is 0 Å². The van der Waals surface area contributed by atoms with Crippen LogP contribution in [0.2, 0.25) is 0 Å². The van der Waals surface area contributed by atoms with Gasteiger partial charge in [-0.15, -0.1) is 0 Å². The van der Waals surface area contributed by atoms with E-state index in [2.05, 4.69) is 10.5 Å². The molecule has 104 valence electrons. The summed E-state index contributed by atoms with van der Waals surface area (Å²) in [6.45, 7) is 1.91. The number of alkyl halides is 3. The molecule has 20 heavy (non-hydrogen) atoms. The maximum Gasteiger partial charge on any atom is 0.418 e. The van der Waals surface area contributed by atoms with Gasteiger partial charge in [0.25, 0.3) is 0 Å². The summed E-state index contributed by atoms with van der Waals surface area (Å²) < 4.78 is 38.3. The zero-order valence-corrected chi connectivity index (χ0v) is 10.8. The number of benzene rings is 2. The van der Waals surface area contributed by atoms with Crippen LogP contribution >= 0.6 is 0 Å². The molecular weight excluding hydrogens is 265 g/mol. The number of hydrogen-bond acceptors (Lipinski definition) is 2. The minimum absolute atomic E-state index is 0.0650. The van der Waals surface area contributed by atoms with Crippen LogP contribution in [0.3, 0.4) is 0 Å². The van der Waals surface area contributed by atoms with Crippen molar-refractivity contribution >= 4 is 11.9 Å². The first kappa shape index (κ1) is 14.1. The van der Waals surface area contributed by atoms with Gasteiger partial charge in [-0.05, 0) is 30.2 Å². The molecule has 0 saturated heterocycles. The number of aryl methyl sites for hydroxylation is 1. The molecule has 0 unspecified atom stereocenters. The third-order valence-corrected chi connectivity index (χ3v) is 2.81. The average molecular weight is 278 g/mol. The first-order chi connectivity index (χ1) is 9.48. The molecule has 0 aliphatic carbocycles. The van der Waals surface area contributed by atoms with Crippen molar-refractivity contribution in [1.29, 1.82) is 0 Å². The fraction of sp³-hybridized carbons (Fsp3) is 0.133. The number of hydrogen-bond donors (Lipinski definition) is 1. The zero-order chi connectivity index (χ0) is 14.6. The highest BCUT2D eigenvalue weighted by atomic mass is 19.4. The van der Waals surface area contributed by atoms with Crippen molar-refractivity contribution in [3.63, 3.8) is 0 Å². The fourth-order valence-corrected chi connectivity index (χ4v) is 1.73. The van der Waals surface area contributed by atoms with Crippen LogP contribution < -0.4 is 5.43 Å². The van der Waals surface area contributed by atoms with Crippen LogP contribution in [-0.2, 0) is 6.18 Å². The first-order valence-electron chi connectivity index (χ1n) is 5.99. The van der Waals surface area contributed by atoms with Crippen LogP contribution in [0.15, 0.2) is 53.6 Å². The van der Waals surface area contributed by atoms with Gasteiger partial charge < -0.3 is 0 Å². The van der Waals surface area contributed by atoms with Gasteiger partial charge in [-0.25, -0.2) is 0 Å². The molecule has 0 aromatic heterocycles. The monoisotopic (exact) mass is 278 g/mol. The van der Waals surface area contributed by atoms with E-state index in [9.17, 15) is 13.2 Å². The molecule has 0 heterocycles. The first-order valence-corrected chi connectivity index (χ1v) is 5.99. The second-order valence-corrected chi connectivity index (χ2v) is 4.27. The number of para-hydroxylation sites is 1. The molecule has 0 radical (unpaired) electrons. The molecule has 0 spiro atoms. The van der Waals surface area contributed by atoms with Gasteiger partial charge in [-0.3, -0.25) is 5.43 Å². The fourth-order valence-electron chi connectivity index (χ4n) is 1.73. The van der Waals surface area contributed by atoms with Gasteiger partial charge in [0, 0.05) is 0 Å². The van der Waals surface area contributed by atoms with Gasteiger partial charge in [0.2, 0.25) is 0 Å². The number of nitrogens with zero attached hydrogens (tertiary/aromatic N) is 1. The van der Waals surface area contributed by atoms with Crippen molar-refractivity contribution in [2.24, 2.45) is 5.10 Å². The van der Waals surface area contributed by atoms with Crippen LogP contribution in [0.5, 0.6) is 0 Å². The predicted octanol–water partition coefficient (Wildman–Crippen LogP) is 4.46. The molecule has 0 atom stereocenters. The lowest BCUT2D eigenvalue weighted by atomic mass is 10.1. The summed E-state index contributed by atoms with van der Waals surface area (Å²) in [5.41, 5.74) is 3.50. The molecule has 0 bridgehead atoms. The topological polar surface area (TPSA) is 24.4 Å². The minimum Gasteiger partial charge on any atom is -0.278 e. The van der Waals surface area contributed by atoms with Crippen LogP contribution in [-0.4, -0.2) is 6.21 Å². The van der Waals surface area contributed by atoms with E-state index in [4.69, 9.17) is 0 Å². The summed E-state index contributed by atoms with van der Waals surface area (Å²) in [6, 6.07) is 12.7. The van der Waals surface area contributed by atoms with Gasteiger partial charge in [-0.2, -0.15) is 18.3 Å². The third kappa shape index (κ3) is 3.38. The van der Waals surface area contributed by atoms with Crippen molar-refractivity contribution in [2.45, 2.75) is 13.1 Å². The number of halogens is 3. The molecule has 2 aromatic rings. The molecule has 2 rings (SSSR count). The third-order valence-electron chi connectivity index (χ3n) is 2.81. The van der Waals surface area contributed by atoms with Crippen molar-refractivity contribution in [3.8, 4) is 0 Å². The lowest BCUT2D eigenvalue weighted by molar-refractivity contribution is -0.136. The Morgan fingerprint density at radius 1 is 1.00 bits per heavy atom. The van der Waals surface area contributed by atoms with Gasteiger partial charge in [-0.1, -0.05) is 36.4 Å². The van der Waals surface area contributed by atoms with Gasteiger partial charge in [0.1, 0.15) is 0 Å². The zero-order valence-electron chi connectivity index (χ0n) is 10.8. The van der Waals surface area contributed by atoms with E-state index in [0.717, 1.165) is 17.2 Å². The van der Waals surface area contributed by atoms with Crippen LogP contribution in [0.1, 0.15) is 16.7 Å². The van der Waals surface area contributed by atoms with E-state index in [-0.39, 0.29) is 5.69 Å². The number of nitrogens with one attached hydrogen (secondary N) is 1. The lowest BCUT2D eigenvalue weighted by Crippen LogP contribution is -2.08. The highest BCUT2D eigenvalue weighted by molar-refractivity contribution is 5.82. The van der Waals surface area contributed by atoms with Crippen molar-refractivity contribution in [2.75, 3.05) is 5.43 Å². The van der Waals surface area contributed by atoms with E-state index in [1.165, 1.54) is 24.4 Å². The lowest BCUT2D eigenvalue weighted by Gasteiger charge is -2.11. The number of rotatable bonds is 3. The Balaban J connectivity index is 2.18. The van der Waals surface area contributed by atoms with Gasteiger partial charge in [0.15, 0.2) is 0 Å².